The maximum Gasteiger partial charge on any atom is 0.249 e. The number of likely N-dealkylation sites (N-methyl/N-ethyl adjacent to an activating group) is 1. The SMILES string of the molecule is C#CCN(C)C(=O)C1(NC=O)C(CC)CN(C)CC1CC. The lowest BCUT2D eigenvalue weighted by molar-refractivity contribution is -0.148. The van der Waals surface area contributed by atoms with Gasteiger partial charge in [-0.2, -0.15) is 0 Å². The summed E-state index contributed by atoms with van der Waals surface area (Å²) in [7, 11) is 3.76. The average Bonchev–Trinajstić information content (AvgIpc) is 2.47. The monoisotopic (exact) mass is 293 g/mol. The third-order valence-electron chi connectivity index (χ3n) is 4.66. The van der Waals surface area contributed by atoms with Crippen molar-refractivity contribution in [3.8, 4) is 12.3 Å². The van der Waals surface area contributed by atoms with Crippen LogP contribution in [0.1, 0.15) is 26.7 Å². The molecular weight excluding hydrogens is 266 g/mol. The smallest absolute Gasteiger partial charge is 0.249 e. The Bertz CT molecular complexity index is 402. The first kappa shape index (κ1) is 17.5. The topological polar surface area (TPSA) is 52.7 Å². The van der Waals surface area contributed by atoms with E-state index in [4.69, 9.17) is 6.42 Å². The van der Waals surface area contributed by atoms with Crippen molar-refractivity contribution in [1.29, 1.82) is 0 Å². The molecule has 0 saturated carbocycles. The summed E-state index contributed by atoms with van der Waals surface area (Å²) in [6.45, 7) is 5.97. The minimum atomic E-state index is -0.844. The van der Waals surface area contributed by atoms with Gasteiger partial charge in [-0.1, -0.05) is 19.8 Å². The van der Waals surface area contributed by atoms with Crippen LogP contribution >= 0.6 is 0 Å². The normalized spacial score (nSPS) is 29.5. The summed E-state index contributed by atoms with van der Waals surface area (Å²) in [5, 5.41) is 2.89. The Hall–Kier alpha value is -1.54. The summed E-state index contributed by atoms with van der Waals surface area (Å²) < 4.78 is 0. The number of piperidine rings is 1. The molecular formula is C16H27N3O2. The summed E-state index contributed by atoms with van der Waals surface area (Å²) in [4.78, 5) is 28.1. The van der Waals surface area contributed by atoms with E-state index in [-0.39, 0.29) is 24.3 Å². The second kappa shape index (κ2) is 7.46. The molecule has 0 aromatic rings. The number of nitrogens with zero attached hydrogens (tertiary/aromatic N) is 2. The van der Waals surface area contributed by atoms with Crippen molar-refractivity contribution in [3.63, 3.8) is 0 Å². The molecule has 1 heterocycles. The zero-order chi connectivity index (χ0) is 16.0. The van der Waals surface area contributed by atoms with Crippen LogP contribution in [0.2, 0.25) is 0 Å². The molecule has 2 unspecified atom stereocenters. The third kappa shape index (κ3) is 3.21. The van der Waals surface area contributed by atoms with Gasteiger partial charge >= 0.3 is 0 Å². The lowest BCUT2D eigenvalue weighted by Crippen LogP contribution is -2.71. The van der Waals surface area contributed by atoms with E-state index < -0.39 is 5.54 Å². The molecule has 0 spiro atoms. The van der Waals surface area contributed by atoms with Crippen LogP contribution < -0.4 is 5.32 Å². The number of likely N-dealkylation sites (tertiary alicyclic amines) is 1. The van der Waals surface area contributed by atoms with Crippen LogP contribution in [0, 0.1) is 24.2 Å². The number of nitrogens with one attached hydrogen (secondary N) is 1. The van der Waals surface area contributed by atoms with Crippen LogP contribution in [0.3, 0.4) is 0 Å². The van der Waals surface area contributed by atoms with Gasteiger partial charge in [0.2, 0.25) is 12.3 Å². The van der Waals surface area contributed by atoms with Crippen molar-refractivity contribution >= 4 is 12.3 Å². The van der Waals surface area contributed by atoms with Gasteiger partial charge < -0.3 is 15.1 Å². The highest BCUT2D eigenvalue weighted by Gasteiger charge is 2.54. The summed E-state index contributed by atoms with van der Waals surface area (Å²) in [6, 6.07) is 0. The number of carbonyl (C=O) groups excluding carboxylic acids is 2. The molecule has 1 aliphatic rings. The maximum absolute atomic E-state index is 13.0. The second-order valence-corrected chi connectivity index (χ2v) is 5.93. The predicted molar refractivity (Wildman–Crippen MR) is 83.5 cm³/mol. The first-order valence-electron chi connectivity index (χ1n) is 7.56. The lowest BCUT2D eigenvalue weighted by atomic mass is 9.67. The highest BCUT2D eigenvalue weighted by Crippen LogP contribution is 2.37. The number of hydrogen-bond donors (Lipinski definition) is 1. The molecule has 118 valence electrons. The fourth-order valence-corrected chi connectivity index (χ4v) is 3.62. The van der Waals surface area contributed by atoms with Crippen LogP contribution in [-0.4, -0.2) is 61.4 Å². The van der Waals surface area contributed by atoms with Crippen molar-refractivity contribution in [3.05, 3.63) is 0 Å². The van der Waals surface area contributed by atoms with Gasteiger partial charge in [-0.3, -0.25) is 9.59 Å². The number of terminal acetylenes is 1. The summed E-state index contributed by atoms with van der Waals surface area (Å²) in [5.74, 6) is 2.59. The molecule has 2 atom stereocenters. The largest absolute Gasteiger partial charge is 0.344 e. The Labute approximate surface area is 128 Å². The number of carbonyl (C=O) groups is 2. The molecule has 2 amide bonds. The van der Waals surface area contributed by atoms with Gasteiger partial charge in [0.15, 0.2) is 0 Å². The van der Waals surface area contributed by atoms with E-state index in [2.05, 4.69) is 37.0 Å². The Morgan fingerprint density at radius 3 is 2.33 bits per heavy atom. The zero-order valence-corrected chi connectivity index (χ0v) is 13.6. The average molecular weight is 293 g/mol. The van der Waals surface area contributed by atoms with Crippen molar-refractivity contribution in [2.75, 3.05) is 33.7 Å². The van der Waals surface area contributed by atoms with Gasteiger partial charge in [0.05, 0.1) is 6.54 Å². The van der Waals surface area contributed by atoms with Gasteiger partial charge in [-0.05, 0) is 19.9 Å². The second-order valence-electron chi connectivity index (χ2n) is 5.93. The molecule has 0 aromatic carbocycles. The summed E-state index contributed by atoms with van der Waals surface area (Å²) >= 11 is 0. The van der Waals surface area contributed by atoms with E-state index in [1.54, 1.807) is 11.9 Å². The zero-order valence-electron chi connectivity index (χ0n) is 13.6. The Morgan fingerprint density at radius 2 is 1.95 bits per heavy atom. The Kier molecular flexibility index (Phi) is 6.22. The van der Waals surface area contributed by atoms with Crippen molar-refractivity contribution in [1.82, 2.24) is 15.1 Å². The molecule has 21 heavy (non-hydrogen) atoms. The molecule has 0 bridgehead atoms. The lowest BCUT2D eigenvalue weighted by Gasteiger charge is -2.51. The molecule has 1 fully saturated rings. The quantitative estimate of drug-likeness (QED) is 0.575. The molecule has 5 heteroatoms. The number of hydrogen-bond acceptors (Lipinski definition) is 3. The molecule has 1 aliphatic heterocycles. The van der Waals surface area contributed by atoms with Gasteiger partial charge in [0.1, 0.15) is 5.54 Å². The van der Waals surface area contributed by atoms with Crippen molar-refractivity contribution < 1.29 is 9.59 Å². The van der Waals surface area contributed by atoms with Crippen LogP contribution in [0.25, 0.3) is 0 Å². The van der Waals surface area contributed by atoms with E-state index in [0.29, 0.717) is 6.41 Å². The highest BCUT2D eigenvalue weighted by molar-refractivity contribution is 5.89. The van der Waals surface area contributed by atoms with Crippen LogP contribution in [-0.2, 0) is 9.59 Å². The van der Waals surface area contributed by atoms with Crippen molar-refractivity contribution in [2.45, 2.75) is 32.2 Å². The summed E-state index contributed by atoms with van der Waals surface area (Å²) in [5.41, 5.74) is -0.844. The standard InChI is InChI=1S/C16H27N3O2/c1-6-9-19(5)15(21)16(17-12-20)13(7-2)10-18(4)11-14(16)8-3/h1,12-14H,7-11H2,2-5H3,(H,17,20). The van der Waals surface area contributed by atoms with E-state index >= 15 is 0 Å². The number of rotatable bonds is 6. The fourth-order valence-electron chi connectivity index (χ4n) is 3.62. The van der Waals surface area contributed by atoms with Crippen LogP contribution in [0.4, 0.5) is 0 Å². The van der Waals surface area contributed by atoms with E-state index in [0.717, 1.165) is 25.9 Å². The molecule has 0 radical (unpaired) electrons. The molecule has 0 aliphatic carbocycles. The van der Waals surface area contributed by atoms with Crippen molar-refractivity contribution in [2.24, 2.45) is 11.8 Å². The maximum atomic E-state index is 13.0. The number of amides is 2. The summed E-state index contributed by atoms with van der Waals surface area (Å²) in [6.07, 6.45) is 7.65. The Balaban J connectivity index is 3.27. The third-order valence-corrected chi connectivity index (χ3v) is 4.66. The van der Waals surface area contributed by atoms with Gasteiger partial charge in [-0.25, -0.2) is 0 Å². The first-order chi connectivity index (χ1) is 9.97. The molecule has 1 rings (SSSR count). The molecule has 0 aromatic heterocycles. The Morgan fingerprint density at radius 1 is 1.43 bits per heavy atom. The van der Waals surface area contributed by atoms with E-state index in [1.807, 2.05) is 0 Å². The van der Waals surface area contributed by atoms with E-state index in [1.165, 1.54) is 0 Å². The molecule has 1 saturated heterocycles. The van der Waals surface area contributed by atoms with E-state index in [9.17, 15) is 9.59 Å². The van der Waals surface area contributed by atoms with Gasteiger partial charge in [-0.15, -0.1) is 6.42 Å². The minimum Gasteiger partial charge on any atom is -0.344 e. The fraction of sp³-hybridized carbons (Fsp3) is 0.750. The molecule has 1 N–H and O–H groups in total. The van der Waals surface area contributed by atoms with Crippen LogP contribution in [0.15, 0.2) is 0 Å². The van der Waals surface area contributed by atoms with Gasteiger partial charge in [0, 0.05) is 32.0 Å². The van der Waals surface area contributed by atoms with Gasteiger partial charge in [0.25, 0.3) is 0 Å². The minimum absolute atomic E-state index is 0.0700. The predicted octanol–water partition coefficient (Wildman–Crippen LogP) is 0.561. The molecule has 5 nitrogen and oxygen atoms in total. The first-order valence-corrected chi connectivity index (χ1v) is 7.56. The van der Waals surface area contributed by atoms with Crippen LogP contribution in [0.5, 0.6) is 0 Å². The highest BCUT2D eigenvalue weighted by atomic mass is 16.2.